The molecule has 0 aromatic carbocycles. The molecule has 0 spiro atoms. The second-order valence-corrected chi connectivity index (χ2v) is 11.5. The SMILES string of the molecule is [B]C1OC(COP(=O)(O)OC2C(COC(C)(C)C)OC([B])C2OC)C(OC(C)(C)C)C1OC. The van der Waals surface area contributed by atoms with Crippen molar-refractivity contribution in [3.8, 4) is 0 Å². The molecule has 0 amide bonds. The Bertz CT molecular complexity index is 670. The van der Waals surface area contributed by atoms with Crippen molar-refractivity contribution in [3.63, 3.8) is 0 Å². The molecule has 33 heavy (non-hydrogen) atoms. The maximum Gasteiger partial charge on any atom is 0.472 e. The van der Waals surface area contributed by atoms with E-state index in [9.17, 15) is 9.46 Å². The molecule has 188 valence electrons. The van der Waals surface area contributed by atoms with Crippen LogP contribution in [0.3, 0.4) is 0 Å². The number of rotatable bonds is 10. The molecular formula is C20H37B2O10P. The zero-order valence-corrected chi connectivity index (χ0v) is 21.7. The van der Waals surface area contributed by atoms with Crippen LogP contribution >= 0.6 is 7.82 Å². The fourth-order valence-corrected chi connectivity index (χ4v) is 4.64. The molecule has 2 heterocycles. The Morgan fingerprint density at radius 1 is 0.818 bits per heavy atom. The van der Waals surface area contributed by atoms with Crippen molar-refractivity contribution < 1.29 is 46.9 Å². The maximum atomic E-state index is 12.8. The van der Waals surface area contributed by atoms with Gasteiger partial charge in [0.05, 0.1) is 24.4 Å². The topological polar surface area (TPSA) is 111 Å². The molecule has 0 aromatic rings. The first-order valence-electron chi connectivity index (χ1n) is 10.9. The van der Waals surface area contributed by atoms with Gasteiger partial charge in [-0.05, 0) is 41.5 Å². The van der Waals surface area contributed by atoms with Gasteiger partial charge in [-0.2, -0.15) is 0 Å². The molecule has 13 heteroatoms. The van der Waals surface area contributed by atoms with E-state index in [-0.39, 0.29) is 13.2 Å². The molecule has 2 rings (SSSR count). The number of phosphoric ester groups is 1. The normalized spacial score (nSPS) is 37.4. The molecule has 9 atom stereocenters. The molecule has 0 bridgehead atoms. The molecule has 2 aliphatic rings. The predicted molar refractivity (Wildman–Crippen MR) is 121 cm³/mol. The van der Waals surface area contributed by atoms with Crippen LogP contribution in [0.2, 0.25) is 0 Å². The van der Waals surface area contributed by atoms with Crippen LogP contribution in [0.4, 0.5) is 0 Å². The largest absolute Gasteiger partial charge is 0.472 e. The molecule has 1 N–H and O–H groups in total. The van der Waals surface area contributed by atoms with Gasteiger partial charge in [-0.3, -0.25) is 9.05 Å². The lowest BCUT2D eigenvalue weighted by Gasteiger charge is -2.31. The first kappa shape index (κ1) is 29.2. The van der Waals surface area contributed by atoms with E-state index in [1.54, 1.807) is 0 Å². The Morgan fingerprint density at radius 2 is 1.30 bits per heavy atom. The van der Waals surface area contributed by atoms with Gasteiger partial charge in [-0.1, -0.05) is 0 Å². The van der Waals surface area contributed by atoms with Crippen molar-refractivity contribution in [1.29, 1.82) is 0 Å². The highest BCUT2D eigenvalue weighted by Gasteiger charge is 2.49. The van der Waals surface area contributed by atoms with Gasteiger partial charge in [0.25, 0.3) is 0 Å². The van der Waals surface area contributed by atoms with E-state index in [0.717, 1.165) is 0 Å². The van der Waals surface area contributed by atoms with Crippen LogP contribution in [0.25, 0.3) is 0 Å². The highest BCUT2D eigenvalue weighted by Crippen LogP contribution is 2.48. The van der Waals surface area contributed by atoms with Gasteiger partial charge in [0.2, 0.25) is 0 Å². The van der Waals surface area contributed by atoms with Crippen molar-refractivity contribution in [1.82, 2.24) is 0 Å². The third kappa shape index (κ3) is 8.56. The first-order chi connectivity index (χ1) is 15.1. The third-order valence-corrected chi connectivity index (χ3v) is 6.05. The summed E-state index contributed by atoms with van der Waals surface area (Å²) in [6.07, 6.45) is -4.48. The molecule has 10 nitrogen and oxygen atoms in total. The van der Waals surface area contributed by atoms with Gasteiger partial charge in [0, 0.05) is 26.2 Å². The summed E-state index contributed by atoms with van der Waals surface area (Å²) in [4.78, 5) is 10.4. The van der Waals surface area contributed by atoms with Crippen LogP contribution in [0, 0.1) is 0 Å². The molecule has 2 aliphatic heterocycles. The van der Waals surface area contributed by atoms with Gasteiger partial charge >= 0.3 is 7.82 Å². The van der Waals surface area contributed by atoms with Crippen LogP contribution < -0.4 is 0 Å². The smallest absolute Gasteiger partial charge is 0.377 e. The summed E-state index contributed by atoms with van der Waals surface area (Å²) >= 11 is 0. The fraction of sp³-hybridized carbons (Fsp3) is 1.00. The molecule has 0 aliphatic carbocycles. The number of ether oxygens (including phenoxy) is 6. The van der Waals surface area contributed by atoms with Crippen LogP contribution in [0.1, 0.15) is 41.5 Å². The molecule has 4 radical (unpaired) electrons. The van der Waals surface area contributed by atoms with Crippen molar-refractivity contribution in [2.24, 2.45) is 0 Å². The van der Waals surface area contributed by atoms with Crippen molar-refractivity contribution in [3.05, 3.63) is 0 Å². The number of hydrogen-bond acceptors (Lipinski definition) is 9. The van der Waals surface area contributed by atoms with Crippen molar-refractivity contribution in [2.75, 3.05) is 27.4 Å². The Hall–Kier alpha value is -0.000130. The maximum absolute atomic E-state index is 12.8. The average molecular weight is 490 g/mol. The fourth-order valence-electron chi connectivity index (χ4n) is 3.68. The van der Waals surface area contributed by atoms with Gasteiger partial charge in [-0.15, -0.1) is 0 Å². The average Bonchev–Trinajstić information content (AvgIpc) is 3.11. The predicted octanol–water partition coefficient (Wildman–Crippen LogP) is 1.30. The summed E-state index contributed by atoms with van der Waals surface area (Å²) in [5.41, 5.74) is -0.989. The highest BCUT2D eigenvalue weighted by molar-refractivity contribution is 7.47. The van der Waals surface area contributed by atoms with E-state index >= 15 is 0 Å². The van der Waals surface area contributed by atoms with Gasteiger partial charge in [0.1, 0.15) is 52.3 Å². The summed E-state index contributed by atoms with van der Waals surface area (Å²) in [5.74, 6) is 0. The molecule has 2 fully saturated rings. The van der Waals surface area contributed by atoms with E-state index < -0.39 is 67.7 Å². The molecular weight excluding hydrogens is 453 g/mol. The zero-order chi connectivity index (χ0) is 25.2. The Kier molecular flexibility index (Phi) is 10.1. The quantitative estimate of drug-likeness (QED) is 0.356. The minimum absolute atomic E-state index is 0.0827. The van der Waals surface area contributed by atoms with Crippen LogP contribution in [-0.2, 0) is 42.0 Å². The lowest BCUT2D eigenvalue weighted by Crippen LogP contribution is -2.43. The minimum atomic E-state index is -4.59. The van der Waals surface area contributed by atoms with Crippen molar-refractivity contribution >= 4 is 23.5 Å². The number of hydrogen-bond donors (Lipinski definition) is 1. The summed E-state index contributed by atoms with van der Waals surface area (Å²) in [7, 11) is 10.3. The van der Waals surface area contributed by atoms with Crippen LogP contribution in [-0.4, -0.2) is 108 Å². The summed E-state index contributed by atoms with van der Waals surface area (Å²) < 4.78 is 57.4. The van der Waals surface area contributed by atoms with E-state index in [1.807, 2.05) is 41.5 Å². The van der Waals surface area contributed by atoms with Crippen molar-refractivity contribution in [2.45, 2.75) is 101 Å². The second kappa shape index (κ2) is 11.4. The molecule has 9 unspecified atom stereocenters. The van der Waals surface area contributed by atoms with Crippen LogP contribution in [0.5, 0.6) is 0 Å². The lowest BCUT2D eigenvalue weighted by atomic mass is 9.92. The van der Waals surface area contributed by atoms with Crippen LogP contribution in [0.15, 0.2) is 0 Å². The van der Waals surface area contributed by atoms with Gasteiger partial charge in [-0.25, -0.2) is 4.57 Å². The Balaban J connectivity index is 2.06. The Labute approximate surface area is 199 Å². The monoisotopic (exact) mass is 490 g/mol. The standard InChI is InChI=1S/C20H37B2O10P/c1-19(2,3)27-9-11-14(16(26-8)18(22)29-11)32-33(23,24)28-10-12-13(31-20(4,5)6)15(25-7)17(21)30-12/h11-18H,9-10H2,1-8H3,(H,23,24). The summed E-state index contributed by atoms with van der Waals surface area (Å²) in [5, 5.41) is 0. The Morgan fingerprint density at radius 3 is 1.76 bits per heavy atom. The summed E-state index contributed by atoms with van der Waals surface area (Å²) in [6.45, 7) is 11.0. The summed E-state index contributed by atoms with van der Waals surface area (Å²) in [6, 6.07) is -1.65. The van der Waals surface area contributed by atoms with E-state index in [0.29, 0.717) is 0 Å². The molecule has 0 aromatic heterocycles. The lowest BCUT2D eigenvalue weighted by molar-refractivity contribution is -0.125. The second-order valence-electron chi connectivity index (χ2n) is 10.1. The molecule has 0 saturated carbocycles. The minimum Gasteiger partial charge on any atom is -0.377 e. The third-order valence-electron chi connectivity index (χ3n) is 5.06. The molecule has 2 saturated heterocycles. The zero-order valence-electron chi connectivity index (χ0n) is 20.8. The highest BCUT2D eigenvalue weighted by atomic mass is 31.2. The van der Waals surface area contributed by atoms with E-state index in [4.69, 9.17) is 53.2 Å². The number of methoxy groups -OCH3 is 2. The first-order valence-corrected chi connectivity index (χ1v) is 12.4. The van der Waals surface area contributed by atoms with Gasteiger partial charge < -0.3 is 33.3 Å². The van der Waals surface area contributed by atoms with E-state index in [1.165, 1.54) is 14.2 Å². The van der Waals surface area contributed by atoms with E-state index in [2.05, 4.69) is 0 Å². The number of phosphoric acid groups is 1. The van der Waals surface area contributed by atoms with Gasteiger partial charge in [0.15, 0.2) is 0 Å².